The fourth-order valence-electron chi connectivity index (χ4n) is 4.43. The number of benzene rings is 1. The van der Waals surface area contributed by atoms with Crippen molar-refractivity contribution in [1.29, 1.82) is 0 Å². The summed E-state index contributed by atoms with van der Waals surface area (Å²) in [6.07, 6.45) is 3.65. The maximum Gasteiger partial charge on any atom is 0.251 e. The van der Waals surface area contributed by atoms with Crippen molar-refractivity contribution < 1.29 is 9.18 Å². The van der Waals surface area contributed by atoms with Gasteiger partial charge in [-0.3, -0.25) is 9.78 Å². The predicted molar refractivity (Wildman–Crippen MR) is 102 cm³/mol. The lowest BCUT2D eigenvalue weighted by Crippen LogP contribution is -2.34. The minimum Gasteiger partial charge on any atom is -0.366 e. The maximum absolute atomic E-state index is 13.4. The molecule has 0 radical (unpaired) electrons. The summed E-state index contributed by atoms with van der Waals surface area (Å²) in [4.78, 5) is 26.5. The number of nitrogens with zero attached hydrogens (tertiary/aromatic N) is 4. The first-order valence-corrected chi connectivity index (χ1v) is 9.14. The smallest absolute Gasteiger partial charge is 0.251 e. The Labute approximate surface area is 160 Å². The van der Waals surface area contributed by atoms with Crippen LogP contribution in [0.1, 0.15) is 16.1 Å². The first-order valence-electron chi connectivity index (χ1n) is 9.14. The molecule has 1 aliphatic heterocycles. The van der Waals surface area contributed by atoms with Crippen LogP contribution < -0.4 is 16.4 Å². The van der Waals surface area contributed by atoms with Crippen LogP contribution in [0.15, 0.2) is 42.7 Å². The molecule has 1 amide bonds. The van der Waals surface area contributed by atoms with Gasteiger partial charge in [-0.05, 0) is 30.7 Å². The summed E-state index contributed by atoms with van der Waals surface area (Å²) in [6, 6.07) is 8.57. The Morgan fingerprint density at radius 2 is 2.04 bits per heavy atom. The topological polar surface area (TPSA) is 111 Å². The molecule has 2 aliphatic rings. The highest BCUT2D eigenvalue weighted by Gasteiger charge is 2.67. The molecule has 2 fully saturated rings. The van der Waals surface area contributed by atoms with Gasteiger partial charge in [-0.25, -0.2) is 14.4 Å². The molecule has 5 rings (SSSR count). The van der Waals surface area contributed by atoms with E-state index in [4.69, 9.17) is 16.5 Å². The number of rotatable bonds is 4. The minimum absolute atomic E-state index is 0.0631. The summed E-state index contributed by atoms with van der Waals surface area (Å²) >= 11 is 0. The van der Waals surface area contributed by atoms with Crippen LogP contribution in [0.4, 0.5) is 10.3 Å². The molecule has 3 aromatic rings. The number of amides is 1. The number of hydrogen-bond donors (Lipinski definition) is 2. The van der Waals surface area contributed by atoms with Gasteiger partial charge in [-0.2, -0.15) is 0 Å². The summed E-state index contributed by atoms with van der Waals surface area (Å²) in [7, 11) is 0. The average Bonchev–Trinajstić information content (AvgIpc) is 3.03. The number of hydrogen-bond acceptors (Lipinski definition) is 6. The van der Waals surface area contributed by atoms with Gasteiger partial charge in [-0.15, -0.1) is 0 Å². The first-order chi connectivity index (χ1) is 13.5. The molecular formula is C20H19FN6O. The summed E-state index contributed by atoms with van der Waals surface area (Å²) in [5, 5.41) is 0.786. The van der Waals surface area contributed by atoms with E-state index in [0.29, 0.717) is 11.9 Å². The van der Waals surface area contributed by atoms with E-state index in [0.717, 1.165) is 36.1 Å². The molecule has 4 N–H and O–H groups in total. The molecule has 3 atom stereocenters. The van der Waals surface area contributed by atoms with Crippen LogP contribution in [0.25, 0.3) is 10.9 Å². The van der Waals surface area contributed by atoms with Gasteiger partial charge in [0.15, 0.2) is 0 Å². The minimum atomic E-state index is -0.545. The van der Waals surface area contributed by atoms with E-state index in [2.05, 4.69) is 14.9 Å². The van der Waals surface area contributed by atoms with Gasteiger partial charge in [0.2, 0.25) is 5.95 Å². The molecule has 142 valence electrons. The van der Waals surface area contributed by atoms with E-state index in [-0.39, 0.29) is 22.8 Å². The van der Waals surface area contributed by atoms with Crippen molar-refractivity contribution >= 4 is 22.8 Å². The van der Waals surface area contributed by atoms with E-state index in [1.54, 1.807) is 6.07 Å². The Morgan fingerprint density at radius 1 is 1.25 bits per heavy atom. The SMILES string of the molecule is NC(=O)c1cnc(N2CC3C(N)C3(Cc3ccc4cc(F)ccc4n3)C2)nc1. The molecular weight excluding hydrogens is 359 g/mol. The van der Waals surface area contributed by atoms with E-state index >= 15 is 0 Å². The van der Waals surface area contributed by atoms with Crippen molar-refractivity contribution in [3.63, 3.8) is 0 Å². The number of carbonyl (C=O) groups is 1. The summed E-state index contributed by atoms with van der Waals surface area (Å²) in [5.74, 6) is 0.110. The Kier molecular flexibility index (Phi) is 3.60. The van der Waals surface area contributed by atoms with Gasteiger partial charge < -0.3 is 16.4 Å². The monoisotopic (exact) mass is 378 g/mol. The third-order valence-electron chi connectivity index (χ3n) is 6.05. The van der Waals surface area contributed by atoms with Crippen LogP contribution in [0.5, 0.6) is 0 Å². The van der Waals surface area contributed by atoms with Crippen LogP contribution in [0, 0.1) is 17.2 Å². The van der Waals surface area contributed by atoms with Crippen molar-refractivity contribution in [2.24, 2.45) is 22.8 Å². The van der Waals surface area contributed by atoms with Crippen molar-refractivity contribution in [2.45, 2.75) is 12.5 Å². The van der Waals surface area contributed by atoms with E-state index in [1.165, 1.54) is 24.5 Å². The fourth-order valence-corrected chi connectivity index (χ4v) is 4.43. The Morgan fingerprint density at radius 3 is 2.79 bits per heavy atom. The van der Waals surface area contributed by atoms with Gasteiger partial charge in [0, 0.05) is 53.9 Å². The van der Waals surface area contributed by atoms with E-state index in [9.17, 15) is 9.18 Å². The van der Waals surface area contributed by atoms with Crippen LogP contribution >= 0.6 is 0 Å². The second-order valence-corrected chi connectivity index (χ2v) is 7.70. The number of piperidine rings is 1. The zero-order valence-electron chi connectivity index (χ0n) is 15.0. The second-order valence-electron chi connectivity index (χ2n) is 7.70. The van der Waals surface area contributed by atoms with Crippen molar-refractivity contribution in [3.05, 3.63) is 59.8 Å². The first kappa shape index (κ1) is 17.0. The average molecular weight is 378 g/mol. The van der Waals surface area contributed by atoms with Crippen LogP contribution in [0.3, 0.4) is 0 Å². The standard InChI is InChI=1S/C20H19FN6O/c21-13-2-4-16-11(5-13)1-3-14(26-16)6-20-10-27(9-15(20)17(20)22)19-24-7-12(8-25-19)18(23)28/h1-5,7-8,15,17H,6,9-10,22H2,(H2,23,28). The van der Waals surface area contributed by atoms with Crippen LogP contribution in [-0.4, -0.2) is 40.0 Å². The zero-order valence-corrected chi connectivity index (χ0v) is 15.0. The van der Waals surface area contributed by atoms with Crippen LogP contribution in [-0.2, 0) is 6.42 Å². The lowest BCUT2D eigenvalue weighted by atomic mass is 9.97. The molecule has 1 aromatic carbocycles. The van der Waals surface area contributed by atoms with E-state index in [1.807, 2.05) is 12.1 Å². The third kappa shape index (κ3) is 2.60. The predicted octanol–water partition coefficient (Wildman–Crippen LogP) is 1.27. The number of anilines is 1. The zero-order chi connectivity index (χ0) is 19.5. The molecule has 8 heteroatoms. The summed E-state index contributed by atoms with van der Waals surface area (Å²) < 4.78 is 13.4. The molecule has 3 unspecified atom stereocenters. The molecule has 1 aliphatic carbocycles. The summed E-state index contributed by atoms with van der Waals surface area (Å²) in [6.45, 7) is 1.51. The number of halogens is 1. The van der Waals surface area contributed by atoms with Crippen molar-refractivity contribution in [3.8, 4) is 0 Å². The Balaban J connectivity index is 1.37. The highest BCUT2D eigenvalue weighted by Crippen LogP contribution is 2.58. The summed E-state index contributed by atoms with van der Waals surface area (Å²) in [5.41, 5.74) is 13.6. The quantitative estimate of drug-likeness (QED) is 0.707. The van der Waals surface area contributed by atoms with Crippen molar-refractivity contribution in [2.75, 3.05) is 18.0 Å². The number of primary amides is 1. The number of aromatic nitrogens is 3. The number of fused-ring (bicyclic) bond motifs is 2. The molecule has 0 spiro atoms. The number of pyridine rings is 1. The molecule has 1 saturated heterocycles. The lowest BCUT2D eigenvalue weighted by molar-refractivity contribution is 0.0999. The Hall–Kier alpha value is -3.13. The molecule has 1 saturated carbocycles. The second kappa shape index (κ2) is 5.93. The molecule has 3 heterocycles. The van der Waals surface area contributed by atoms with Crippen molar-refractivity contribution in [1.82, 2.24) is 15.0 Å². The highest BCUT2D eigenvalue weighted by atomic mass is 19.1. The molecule has 2 aromatic heterocycles. The third-order valence-corrected chi connectivity index (χ3v) is 6.05. The van der Waals surface area contributed by atoms with E-state index < -0.39 is 5.91 Å². The maximum atomic E-state index is 13.4. The Bertz CT molecular complexity index is 1090. The van der Waals surface area contributed by atoms with Gasteiger partial charge in [0.25, 0.3) is 5.91 Å². The normalized spacial score (nSPS) is 25.7. The molecule has 7 nitrogen and oxygen atoms in total. The number of carbonyl (C=O) groups excluding carboxylic acids is 1. The van der Waals surface area contributed by atoms with Gasteiger partial charge in [-0.1, -0.05) is 6.07 Å². The largest absolute Gasteiger partial charge is 0.366 e. The highest BCUT2D eigenvalue weighted by molar-refractivity contribution is 5.92. The number of nitrogens with two attached hydrogens (primary N) is 2. The van der Waals surface area contributed by atoms with Gasteiger partial charge in [0.1, 0.15) is 5.82 Å². The van der Waals surface area contributed by atoms with Gasteiger partial charge >= 0.3 is 0 Å². The molecule has 0 bridgehead atoms. The lowest BCUT2D eigenvalue weighted by Gasteiger charge is -2.22. The molecule has 28 heavy (non-hydrogen) atoms. The van der Waals surface area contributed by atoms with Gasteiger partial charge in [0.05, 0.1) is 11.1 Å². The van der Waals surface area contributed by atoms with Crippen LogP contribution in [0.2, 0.25) is 0 Å². The fraction of sp³-hybridized carbons (Fsp3) is 0.300.